The highest BCUT2D eigenvalue weighted by Crippen LogP contribution is 2.23. The molecule has 0 spiro atoms. The van der Waals surface area contributed by atoms with E-state index in [1.807, 2.05) is 12.1 Å². The van der Waals surface area contributed by atoms with Gasteiger partial charge in [0.2, 0.25) is 5.95 Å². The van der Waals surface area contributed by atoms with Crippen LogP contribution in [0.4, 0.5) is 11.8 Å². The molecule has 2 rings (SSSR count). The molecule has 0 amide bonds. The molecule has 0 saturated carbocycles. The van der Waals surface area contributed by atoms with E-state index in [9.17, 15) is 0 Å². The first-order chi connectivity index (χ1) is 8.20. The van der Waals surface area contributed by atoms with Crippen molar-refractivity contribution >= 4 is 22.7 Å². The monoisotopic (exact) mass is 234 g/mol. The van der Waals surface area contributed by atoms with Crippen molar-refractivity contribution < 1.29 is 9.47 Å². The molecule has 2 aromatic rings. The van der Waals surface area contributed by atoms with Crippen molar-refractivity contribution in [3.8, 4) is 5.75 Å². The third-order valence-electron chi connectivity index (χ3n) is 2.27. The molecular weight excluding hydrogens is 220 g/mol. The number of rotatable bonds is 4. The molecule has 0 fully saturated rings. The minimum absolute atomic E-state index is 0.157. The Hall–Kier alpha value is -2.08. The van der Waals surface area contributed by atoms with Gasteiger partial charge in [0.05, 0.1) is 12.1 Å². The lowest BCUT2D eigenvalue weighted by atomic mass is 10.2. The normalized spacial score (nSPS) is 10.6. The van der Waals surface area contributed by atoms with Gasteiger partial charge in [-0.05, 0) is 12.1 Å². The first-order valence-electron chi connectivity index (χ1n) is 5.15. The van der Waals surface area contributed by atoms with Gasteiger partial charge < -0.3 is 20.9 Å². The maximum Gasteiger partial charge on any atom is 0.222 e. The molecule has 0 aliphatic heterocycles. The average Bonchev–Trinajstić information content (AvgIpc) is 2.28. The first kappa shape index (κ1) is 11.4. The number of aromatic nitrogens is 2. The highest BCUT2D eigenvalue weighted by molar-refractivity contribution is 5.89. The summed E-state index contributed by atoms with van der Waals surface area (Å²) in [6.07, 6.45) is 0. The molecule has 0 saturated heterocycles. The van der Waals surface area contributed by atoms with Crippen molar-refractivity contribution in [2.24, 2.45) is 0 Å². The molecule has 17 heavy (non-hydrogen) atoms. The second-order valence-corrected chi connectivity index (χ2v) is 3.49. The Morgan fingerprint density at radius 2 is 2.00 bits per heavy atom. The zero-order valence-corrected chi connectivity index (χ0v) is 9.51. The largest absolute Gasteiger partial charge is 0.491 e. The summed E-state index contributed by atoms with van der Waals surface area (Å²) in [5.74, 6) is 1.23. The van der Waals surface area contributed by atoms with E-state index in [4.69, 9.17) is 20.9 Å². The number of benzene rings is 1. The van der Waals surface area contributed by atoms with Gasteiger partial charge in [0.25, 0.3) is 0 Å². The van der Waals surface area contributed by atoms with Gasteiger partial charge >= 0.3 is 0 Å². The number of fused-ring (bicyclic) bond motifs is 1. The lowest BCUT2D eigenvalue weighted by molar-refractivity contribution is 0.146. The minimum Gasteiger partial charge on any atom is -0.491 e. The van der Waals surface area contributed by atoms with Crippen LogP contribution in [0.1, 0.15) is 0 Å². The summed E-state index contributed by atoms with van der Waals surface area (Å²) in [5, 5.41) is 0.762. The summed E-state index contributed by atoms with van der Waals surface area (Å²) in [4.78, 5) is 7.99. The number of hydrogen-bond acceptors (Lipinski definition) is 6. The van der Waals surface area contributed by atoms with Crippen LogP contribution in [0.5, 0.6) is 5.75 Å². The standard InChI is InChI=1S/C11H14N4O2/c1-16-4-5-17-7-2-3-8-9(6-7)14-11(13)15-10(8)12/h2-3,6H,4-5H2,1H3,(H4,12,13,14,15). The fraction of sp³-hybridized carbons (Fsp3) is 0.273. The van der Waals surface area contributed by atoms with E-state index in [0.29, 0.717) is 30.3 Å². The van der Waals surface area contributed by atoms with E-state index in [1.165, 1.54) is 0 Å². The quantitative estimate of drug-likeness (QED) is 0.760. The van der Waals surface area contributed by atoms with E-state index < -0.39 is 0 Å². The summed E-state index contributed by atoms with van der Waals surface area (Å²) < 4.78 is 10.4. The van der Waals surface area contributed by atoms with Crippen LogP contribution in [-0.4, -0.2) is 30.3 Å². The third kappa shape index (κ3) is 2.54. The molecule has 0 unspecified atom stereocenters. The average molecular weight is 234 g/mol. The fourth-order valence-electron chi connectivity index (χ4n) is 1.49. The van der Waals surface area contributed by atoms with Gasteiger partial charge in [-0.25, -0.2) is 4.98 Å². The lowest BCUT2D eigenvalue weighted by Crippen LogP contribution is -2.05. The number of methoxy groups -OCH3 is 1. The summed E-state index contributed by atoms with van der Waals surface area (Å²) in [7, 11) is 1.62. The van der Waals surface area contributed by atoms with Gasteiger partial charge in [-0.2, -0.15) is 4.98 Å². The van der Waals surface area contributed by atoms with Gasteiger partial charge in [0.15, 0.2) is 0 Å². The number of nitrogens with two attached hydrogens (primary N) is 2. The van der Waals surface area contributed by atoms with Gasteiger partial charge in [-0.15, -0.1) is 0 Å². The summed E-state index contributed by atoms with van der Waals surface area (Å²) in [5.41, 5.74) is 11.9. The molecule has 90 valence electrons. The second-order valence-electron chi connectivity index (χ2n) is 3.49. The van der Waals surface area contributed by atoms with Crippen LogP contribution in [0.15, 0.2) is 18.2 Å². The van der Waals surface area contributed by atoms with Crippen LogP contribution in [0.25, 0.3) is 10.9 Å². The van der Waals surface area contributed by atoms with Crippen molar-refractivity contribution in [1.29, 1.82) is 0 Å². The molecule has 1 heterocycles. The topological polar surface area (TPSA) is 96.3 Å². The molecule has 6 heteroatoms. The SMILES string of the molecule is COCCOc1ccc2c(N)nc(N)nc2c1. The Morgan fingerprint density at radius 3 is 2.76 bits per heavy atom. The number of nitrogens with zero attached hydrogens (tertiary/aromatic N) is 2. The molecular formula is C11H14N4O2. The van der Waals surface area contributed by atoms with Crippen molar-refractivity contribution in [2.45, 2.75) is 0 Å². The second kappa shape index (κ2) is 4.84. The molecule has 1 aromatic heterocycles. The van der Waals surface area contributed by atoms with Crippen LogP contribution in [0.3, 0.4) is 0 Å². The Labute approximate surface area is 98.6 Å². The Balaban J connectivity index is 2.30. The van der Waals surface area contributed by atoms with Crippen molar-refractivity contribution in [3.05, 3.63) is 18.2 Å². The van der Waals surface area contributed by atoms with Crippen LogP contribution >= 0.6 is 0 Å². The van der Waals surface area contributed by atoms with Gasteiger partial charge in [-0.1, -0.05) is 0 Å². The molecule has 1 aromatic carbocycles. The van der Waals surface area contributed by atoms with E-state index in [1.54, 1.807) is 13.2 Å². The molecule has 4 N–H and O–H groups in total. The van der Waals surface area contributed by atoms with Crippen LogP contribution in [0.2, 0.25) is 0 Å². The Kier molecular flexibility index (Phi) is 3.24. The minimum atomic E-state index is 0.157. The number of anilines is 2. The van der Waals surface area contributed by atoms with Crippen LogP contribution in [0, 0.1) is 0 Å². The molecule has 0 aliphatic carbocycles. The Bertz CT molecular complexity index is 530. The van der Waals surface area contributed by atoms with E-state index in [0.717, 1.165) is 5.39 Å². The summed E-state index contributed by atoms with van der Waals surface area (Å²) >= 11 is 0. The number of hydrogen-bond donors (Lipinski definition) is 2. The molecule has 0 atom stereocenters. The van der Waals surface area contributed by atoms with Gasteiger partial charge in [-0.3, -0.25) is 0 Å². The van der Waals surface area contributed by atoms with Gasteiger partial charge in [0, 0.05) is 18.6 Å². The fourth-order valence-corrected chi connectivity index (χ4v) is 1.49. The zero-order chi connectivity index (χ0) is 12.3. The predicted molar refractivity (Wildman–Crippen MR) is 65.7 cm³/mol. The molecule has 0 radical (unpaired) electrons. The zero-order valence-electron chi connectivity index (χ0n) is 9.51. The summed E-state index contributed by atoms with van der Waals surface area (Å²) in [6, 6.07) is 5.40. The molecule has 0 aliphatic rings. The smallest absolute Gasteiger partial charge is 0.222 e. The van der Waals surface area contributed by atoms with E-state index in [2.05, 4.69) is 9.97 Å². The lowest BCUT2D eigenvalue weighted by Gasteiger charge is -2.07. The first-order valence-corrected chi connectivity index (χ1v) is 5.15. The van der Waals surface area contributed by atoms with Gasteiger partial charge in [0.1, 0.15) is 18.2 Å². The maximum atomic E-state index is 5.74. The van der Waals surface area contributed by atoms with Crippen molar-refractivity contribution in [3.63, 3.8) is 0 Å². The van der Waals surface area contributed by atoms with E-state index in [-0.39, 0.29) is 5.95 Å². The number of nitrogen functional groups attached to an aromatic ring is 2. The Morgan fingerprint density at radius 1 is 1.18 bits per heavy atom. The predicted octanol–water partition coefficient (Wildman–Crippen LogP) is 0.819. The van der Waals surface area contributed by atoms with Crippen LogP contribution in [-0.2, 0) is 4.74 Å². The third-order valence-corrected chi connectivity index (χ3v) is 2.27. The van der Waals surface area contributed by atoms with Crippen molar-refractivity contribution in [2.75, 3.05) is 31.8 Å². The highest BCUT2D eigenvalue weighted by Gasteiger charge is 2.04. The maximum absolute atomic E-state index is 5.74. The van der Waals surface area contributed by atoms with Crippen LogP contribution < -0.4 is 16.2 Å². The summed E-state index contributed by atoms with van der Waals surface area (Å²) in [6.45, 7) is 1.02. The van der Waals surface area contributed by atoms with E-state index >= 15 is 0 Å². The highest BCUT2D eigenvalue weighted by atomic mass is 16.5. The number of ether oxygens (including phenoxy) is 2. The molecule has 6 nitrogen and oxygen atoms in total. The molecule has 0 bridgehead atoms. The van der Waals surface area contributed by atoms with Crippen molar-refractivity contribution in [1.82, 2.24) is 9.97 Å².